The quantitative estimate of drug-likeness (QED) is 0.550. The maximum atomic E-state index is 12.5. The van der Waals surface area contributed by atoms with E-state index >= 15 is 0 Å². The number of hydrogen-bond acceptors (Lipinski definition) is 5. The van der Waals surface area contributed by atoms with Crippen molar-refractivity contribution in [2.24, 2.45) is 0 Å². The molecule has 0 saturated carbocycles. The van der Waals surface area contributed by atoms with Gasteiger partial charge in [0.15, 0.2) is 5.58 Å². The molecule has 8 heteroatoms. The van der Waals surface area contributed by atoms with Gasteiger partial charge in [0.1, 0.15) is 0 Å². The number of aromatic nitrogens is 1. The number of hydrogen-bond donors (Lipinski definition) is 2. The number of nitrogens with one attached hydrogen (secondary N) is 2. The minimum absolute atomic E-state index is 0.0487. The fourth-order valence-corrected chi connectivity index (χ4v) is 4.64. The van der Waals surface area contributed by atoms with Crippen molar-refractivity contribution in [3.63, 3.8) is 0 Å². The molecule has 2 heterocycles. The molecule has 0 amide bonds. The first-order chi connectivity index (χ1) is 12.5. The van der Waals surface area contributed by atoms with Gasteiger partial charge in [0, 0.05) is 22.4 Å². The SMILES string of the molecule is O=c1[nH]c2ccc(S(=O)(=O)NCc3ccc(-c4ccccc4)s3)cc2o1. The van der Waals surface area contributed by atoms with Gasteiger partial charge in [0.25, 0.3) is 0 Å². The van der Waals surface area contributed by atoms with E-state index in [0.717, 1.165) is 15.3 Å². The molecule has 0 saturated heterocycles. The zero-order valence-electron chi connectivity index (χ0n) is 13.4. The third kappa shape index (κ3) is 3.34. The van der Waals surface area contributed by atoms with E-state index in [0.29, 0.717) is 5.52 Å². The van der Waals surface area contributed by atoms with Crippen LogP contribution in [-0.2, 0) is 16.6 Å². The number of oxazole rings is 1. The summed E-state index contributed by atoms with van der Waals surface area (Å²) in [7, 11) is -3.72. The molecular weight excluding hydrogens is 372 g/mol. The molecule has 0 atom stereocenters. The van der Waals surface area contributed by atoms with Gasteiger partial charge in [-0.1, -0.05) is 30.3 Å². The predicted molar refractivity (Wildman–Crippen MR) is 101 cm³/mol. The standard InChI is InChI=1S/C18H14N2O4S2/c21-18-20-15-8-7-14(10-16(15)24-18)26(22,23)19-11-13-6-9-17(25-13)12-4-2-1-3-5-12/h1-10,19H,11H2,(H,20,21). The van der Waals surface area contributed by atoms with Crippen LogP contribution < -0.4 is 10.5 Å². The van der Waals surface area contributed by atoms with E-state index in [1.807, 2.05) is 42.5 Å². The van der Waals surface area contributed by atoms with Crippen LogP contribution in [0, 0.1) is 0 Å². The highest BCUT2D eigenvalue weighted by molar-refractivity contribution is 7.89. The van der Waals surface area contributed by atoms with Crippen molar-refractivity contribution in [1.29, 1.82) is 0 Å². The van der Waals surface area contributed by atoms with Gasteiger partial charge in [-0.2, -0.15) is 0 Å². The topological polar surface area (TPSA) is 92.2 Å². The third-order valence-corrected chi connectivity index (χ3v) is 6.39. The monoisotopic (exact) mass is 386 g/mol. The van der Waals surface area contributed by atoms with Crippen molar-refractivity contribution >= 4 is 32.5 Å². The summed E-state index contributed by atoms with van der Waals surface area (Å²) in [6.07, 6.45) is 0. The Kier molecular flexibility index (Phi) is 4.23. The van der Waals surface area contributed by atoms with Crippen LogP contribution in [0.5, 0.6) is 0 Å². The summed E-state index contributed by atoms with van der Waals surface area (Å²) in [5.41, 5.74) is 1.76. The molecule has 4 rings (SSSR count). The molecule has 2 aromatic heterocycles. The first-order valence-electron chi connectivity index (χ1n) is 7.78. The number of thiophene rings is 1. The molecule has 0 aliphatic rings. The van der Waals surface area contributed by atoms with Crippen LogP contribution in [0.25, 0.3) is 21.5 Å². The molecule has 0 aliphatic carbocycles. The number of aromatic amines is 1. The number of sulfonamides is 1. The summed E-state index contributed by atoms with van der Waals surface area (Å²) >= 11 is 1.54. The average molecular weight is 386 g/mol. The Morgan fingerprint density at radius 3 is 2.65 bits per heavy atom. The molecular formula is C18H14N2O4S2. The van der Waals surface area contributed by atoms with E-state index in [4.69, 9.17) is 4.42 Å². The number of H-pyrrole nitrogens is 1. The molecule has 0 radical (unpaired) electrons. The lowest BCUT2D eigenvalue weighted by Gasteiger charge is -2.05. The molecule has 26 heavy (non-hydrogen) atoms. The lowest BCUT2D eigenvalue weighted by molar-refractivity contribution is 0.553. The van der Waals surface area contributed by atoms with Gasteiger partial charge in [-0.3, -0.25) is 4.98 Å². The van der Waals surface area contributed by atoms with E-state index in [1.165, 1.54) is 29.5 Å². The van der Waals surface area contributed by atoms with Crippen LogP contribution in [0.15, 0.2) is 74.8 Å². The molecule has 0 aliphatic heterocycles. The summed E-state index contributed by atoms with van der Waals surface area (Å²) in [6.45, 7) is 0.189. The van der Waals surface area contributed by atoms with Crippen molar-refractivity contribution in [3.8, 4) is 10.4 Å². The number of benzene rings is 2. The molecule has 0 fully saturated rings. The second-order valence-corrected chi connectivity index (χ2v) is 8.56. The lowest BCUT2D eigenvalue weighted by Crippen LogP contribution is -2.22. The number of fused-ring (bicyclic) bond motifs is 1. The molecule has 4 aromatic rings. The average Bonchev–Trinajstić information content (AvgIpc) is 3.25. The molecule has 2 N–H and O–H groups in total. The fraction of sp³-hybridized carbons (Fsp3) is 0.0556. The van der Waals surface area contributed by atoms with Gasteiger partial charge >= 0.3 is 5.76 Å². The zero-order valence-corrected chi connectivity index (χ0v) is 15.1. The van der Waals surface area contributed by atoms with E-state index in [9.17, 15) is 13.2 Å². The Hall–Kier alpha value is -2.68. The first kappa shape index (κ1) is 16.8. The van der Waals surface area contributed by atoms with Crippen molar-refractivity contribution in [2.45, 2.75) is 11.4 Å². The molecule has 2 aromatic carbocycles. The minimum atomic E-state index is -3.72. The lowest BCUT2D eigenvalue weighted by atomic mass is 10.2. The van der Waals surface area contributed by atoms with Crippen LogP contribution in [-0.4, -0.2) is 13.4 Å². The minimum Gasteiger partial charge on any atom is -0.408 e. The Bertz CT molecular complexity index is 1220. The van der Waals surface area contributed by atoms with Gasteiger partial charge in [-0.15, -0.1) is 11.3 Å². The largest absolute Gasteiger partial charge is 0.417 e. The van der Waals surface area contributed by atoms with E-state index < -0.39 is 15.8 Å². The molecule has 6 nitrogen and oxygen atoms in total. The summed E-state index contributed by atoms with van der Waals surface area (Å²) in [6, 6.07) is 18.1. The number of rotatable bonds is 5. The van der Waals surface area contributed by atoms with Crippen LogP contribution in [0.2, 0.25) is 0 Å². The van der Waals surface area contributed by atoms with Gasteiger partial charge in [0.2, 0.25) is 10.0 Å². The van der Waals surface area contributed by atoms with Crippen molar-refractivity contribution in [2.75, 3.05) is 0 Å². The maximum absolute atomic E-state index is 12.5. The summed E-state index contributed by atoms with van der Waals surface area (Å²) < 4.78 is 32.5. The molecule has 0 unspecified atom stereocenters. The van der Waals surface area contributed by atoms with Gasteiger partial charge in [-0.05, 0) is 29.8 Å². The van der Waals surface area contributed by atoms with Gasteiger partial charge in [0.05, 0.1) is 10.4 Å². The van der Waals surface area contributed by atoms with E-state index in [-0.39, 0.29) is 17.0 Å². The van der Waals surface area contributed by atoms with Gasteiger partial charge in [-0.25, -0.2) is 17.9 Å². The van der Waals surface area contributed by atoms with E-state index in [2.05, 4.69) is 9.71 Å². The Morgan fingerprint density at radius 2 is 1.85 bits per heavy atom. The Morgan fingerprint density at radius 1 is 1.04 bits per heavy atom. The fourth-order valence-electron chi connectivity index (χ4n) is 2.57. The van der Waals surface area contributed by atoms with Crippen molar-refractivity contribution in [1.82, 2.24) is 9.71 Å². The Labute approximate surface area is 153 Å². The zero-order chi connectivity index (χ0) is 18.1. The smallest absolute Gasteiger partial charge is 0.408 e. The highest BCUT2D eigenvalue weighted by Crippen LogP contribution is 2.28. The summed E-state index contributed by atoms with van der Waals surface area (Å²) in [4.78, 5) is 15.7. The molecule has 0 spiro atoms. The van der Waals surface area contributed by atoms with Crippen LogP contribution in [0.3, 0.4) is 0 Å². The second kappa shape index (κ2) is 6.56. The third-order valence-electron chi connectivity index (χ3n) is 3.86. The maximum Gasteiger partial charge on any atom is 0.417 e. The Balaban J connectivity index is 1.52. The highest BCUT2D eigenvalue weighted by atomic mass is 32.2. The predicted octanol–water partition coefficient (Wildman–Crippen LogP) is 3.33. The van der Waals surface area contributed by atoms with Crippen LogP contribution in [0.4, 0.5) is 0 Å². The van der Waals surface area contributed by atoms with Crippen LogP contribution in [0.1, 0.15) is 4.88 Å². The summed E-state index contributed by atoms with van der Waals surface area (Å²) in [5.74, 6) is -0.616. The van der Waals surface area contributed by atoms with Crippen molar-refractivity contribution in [3.05, 3.63) is 76.1 Å². The van der Waals surface area contributed by atoms with Crippen LogP contribution >= 0.6 is 11.3 Å². The highest BCUT2D eigenvalue weighted by Gasteiger charge is 2.16. The van der Waals surface area contributed by atoms with Gasteiger partial charge < -0.3 is 4.42 Å². The second-order valence-electron chi connectivity index (χ2n) is 5.63. The van der Waals surface area contributed by atoms with Crippen molar-refractivity contribution < 1.29 is 12.8 Å². The molecule has 132 valence electrons. The van der Waals surface area contributed by atoms with E-state index in [1.54, 1.807) is 0 Å². The normalized spacial score (nSPS) is 11.8. The molecule has 0 bridgehead atoms. The first-order valence-corrected chi connectivity index (χ1v) is 10.1. The summed E-state index contributed by atoms with van der Waals surface area (Å²) in [5, 5.41) is 0.